The topological polar surface area (TPSA) is 47.6 Å². The smallest absolute Gasteiger partial charge is 0.251 e. The number of nitrogens with one attached hydrogen (secondary N) is 1. The van der Waals surface area contributed by atoms with Crippen molar-refractivity contribution in [3.05, 3.63) is 71.2 Å². The highest BCUT2D eigenvalue weighted by molar-refractivity contribution is 9.10. The van der Waals surface area contributed by atoms with Crippen LogP contribution in [0.3, 0.4) is 0 Å². The summed E-state index contributed by atoms with van der Waals surface area (Å²) in [7, 11) is 0. The van der Waals surface area contributed by atoms with Crippen molar-refractivity contribution in [2.75, 3.05) is 19.8 Å². The van der Waals surface area contributed by atoms with Gasteiger partial charge in [-0.25, -0.2) is 0 Å². The van der Waals surface area contributed by atoms with Crippen LogP contribution in [0.4, 0.5) is 0 Å². The van der Waals surface area contributed by atoms with E-state index in [-0.39, 0.29) is 5.91 Å². The van der Waals surface area contributed by atoms with Crippen molar-refractivity contribution in [3.63, 3.8) is 0 Å². The van der Waals surface area contributed by atoms with Gasteiger partial charge in [0.15, 0.2) is 0 Å². The molecule has 0 aromatic heterocycles. The van der Waals surface area contributed by atoms with Crippen molar-refractivity contribution < 1.29 is 14.3 Å². The van der Waals surface area contributed by atoms with E-state index in [0.717, 1.165) is 10.2 Å². The SMILES string of the molecule is C=CCNC(=O)c1ccc(OCCOc2ccccc2)c(Br)c1. The Hall–Kier alpha value is -2.27. The third kappa shape index (κ3) is 5.45. The molecule has 5 heteroatoms. The standard InChI is InChI=1S/C18H18BrNO3/c1-2-10-20-18(21)14-8-9-17(16(19)13-14)23-12-11-22-15-6-4-3-5-7-15/h2-9,13H,1,10-12H2,(H,20,21). The quantitative estimate of drug-likeness (QED) is 0.563. The molecule has 0 spiro atoms. The number of rotatable bonds is 8. The van der Waals surface area contributed by atoms with Gasteiger partial charge in [-0.15, -0.1) is 6.58 Å². The summed E-state index contributed by atoms with van der Waals surface area (Å²) in [5.41, 5.74) is 0.562. The van der Waals surface area contributed by atoms with Crippen molar-refractivity contribution >= 4 is 21.8 Å². The molecule has 23 heavy (non-hydrogen) atoms. The third-order valence-corrected chi connectivity index (χ3v) is 3.57. The average Bonchev–Trinajstić information content (AvgIpc) is 2.58. The molecule has 0 bridgehead atoms. The van der Waals surface area contributed by atoms with Gasteiger partial charge in [0.2, 0.25) is 0 Å². The van der Waals surface area contributed by atoms with E-state index < -0.39 is 0 Å². The molecule has 120 valence electrons. The first kappa shape index (κ1) is 17.1. The fraction of sp³-hybridized carbons (Fsp3) is 0.167. The molecule has 2 aromatic carbocycles. The number of hydrogen-bond acceptors (Lipinski definition) is 3. The predicted molar refractivity (Wildman–Crippen MR) is 94.1 cm³/mol. The zero-order chi connectivity index (χ0) is 16.5. The molecule has 0 atom stereocenters. The number of amides is 1. The Morgan fingerprint density at radius 1 is 1.13 bits per heavy atom. The molecule has 0 aliphatic carbocycles. The summed E-state index contributed by atoms with van der Waals surface area (Å²) >= 11 is 3.41. The molecule has 0 aliphatic rings. The number of hydrogen-bond donors (Lipinski definition) is 1. The summed E-state index contributed by atoms with van der Waals surface area (Å²) in [6.45, 7) is 4.86. The Morgan fingerprint density at radius 3 is 2.57 bits per heavy atom. The Balaban J connectivity index is 1.83. The molecule has 4 nitrogen and oxygen atoms in total. The van der Waals surface area contributed by atoms with Crippen LogP contribution >= 0.6 is 15.9 Å². The Morgan fingerprint density at radius 2 is 1.87 bits per heavy atom. The molecule has 0 saturated carbocycles. The highest BCUT2D eigenvalue weighted by atomic mass is 79.9. The van der Waals surface area contributed by atoms with Crippen LogP contribution in [0.2, 0.25) is 0 Å². The van der Waals surface area contributed by atoms with Crippen LogP contribution in [0.5, 0.6) is 11.5 Å². The zero-order valence-electron chi connectivity index (χ0n) is 12.6. The summed E-state index contributed by atoms with van der Waals surface area (Å²) in [6, 6.07) is 14.8. The number of para-hydroxylation sites is 1. The lowest BCUT2D eigenvalue weighted by molar-refractivity contribution is 0.0958. The number of carbonyl (C=O) groups is 1. The van der Waals surface area contributed by atoms with Crippen LogP contribution < -0.4 is 14.8 Å². The van der Waals surface area contributed by atoms with Crippen molar-refractivity contribution in [3.8, 4) is 11.5 Å². The molecule has 0 aliphatic heterocycles. The molecule has 0 radical (unpaired) electrons. The van der Waals surface area contributed by atoms with Gasteiger partial charge in [-0.05, 0) is 46.3 Å². The van der Waals surface area contributed by atoms with Gasteiger partial charge < -0.3 is 14.8 Å². The van der Waals surface area contributed by atoms with Crippen molar-refractivity contribution in [1.29, 1.82) is 0 Å². The number of ether oxygens (including phenoxy) is 2. The zero-order valence-corrected chi connectivity index (χ0v) is 14.2. The molecular formula is C18H18BrNO3. The van der Waals surface area contributed by atoms with E-state index in [9.17, 15) is 4.79 Å². The fourth-order valence-corrected chi connectivity index (χ4v) is 2.35. The van der Waals surface area contributed by atoms with Gasteiger partial charge in [0.25, 0.3) is 5.91 Å². The van der Waals surface area contributed by atoms with E-state index in [0.29, 0.717) is 31.1 Å². The van der Waals surface area contributed by atoms with E-state index in [1.807, 2.05) is 30.3 Å². The molecule has 0 saturated heterocycles. The maximum Gasteiger partial charge on any atom is 0.251 e. The fourth-order valence-electron chi connectivity index (χ4n) is 1.85. The summed E-state index contributed by atoms with van der Waals surface area (Å²) in [5.74, 6) is 1.33. The second kappa shape index (κ2) is 9.00. The predicted octanol–water partition coefficient (Wildman–Crippen LogP) is 3.82. The van der Waals surface area contributed by atoms with Crippen molar-refractivity contribution in [2.24, 2.45) is 0 Å². The Bertz CT molecular complexity index is 659. The third-order valence-electron chi connectivity index (χ3n) is 2.95. The highest BCUT2D eigenvalue weighted by Crippen LogP contribution is 2.26. The minimum Gasteiger partial charge on any atom is -0.490 e. The van der Waals surface area contributed by atoms with Crippen LogP contribution in [0.25, 0.3) is 0 Å². The van der Waals surface area contributed by atoms with Gasteiger partial charge in [-0.1, -0.05) is 24.3 Å². The number of halogens is 1. The molecular weight excluding hydrogens is 358 g/mol. The van der Waals surface area contributed by atoms with Crippen LogP contribution in [-0.4, -0.2) is 25.7 Å². The van der Waals surface area contributed by atoms with E-state index in [1.165, 1.54) is 0 Å². The summed E-state index contributed by atoms with van der Waals surface area (Å²) in [5, 5.41) is 2.73. The van der Waals surface area contributed by atoms with Gasteiger partial charge in [0.05, 0.1) is 4.47 Å². The minimum atomic E-state index is -0.149. The number of carbonyl (C=O) groups excluding carboxylic acids is 1. The van der Waals surface area contributed by atoms with E-state index >= 15 is 0 Å². The van der Waals surface area contributed by atoms with Gasteiger partial charge in [0.1, 0.15) is 24.7 Å². The summed E-state index contributed by atoms with van der Waals surface area (Å²) in [6.07, 6.45) is 1.64. The maximum absolute atomic E-state index is 11.8. The van der Waals surface area contributed by atoms with Crippen LogP contribution in [-0.2, 0) is 0 Å². The second-order valence-corrected chi connectivity index (χ2v) is 5.51. The van der Waals surface area contributed by atoms with Gasteiger partial charge in [0, 0.05) is 12.1 Å². The lowest BCUT2D eigenvalue weighted by Gasteiger charge is -2.11. The Kier molecular flexibility index (Phi) is 6.69. The average molecular weight is 376 g/mol. The summed E-state index contributed by atoms with van der Waals surface area (Å²) < 4.78 is 11.9. The molecule has 1 N–H and O–H groups in total. The first-order valence-electron chi connectivity index (χ1n) is 7.20. The highest BCUT2D eigenvalue weighted by Gasteiger charge is 2.08. The second-order valence-electron chi connectivity index (χ2n) is 4.65. The first-order valence-corrected chi connectivity index (χ1v) is 7.99. The van der Waals surface area contributed by atoms with Gasteiger partial charge in [-0.2, -0.15) is 0 Å². The van der Waals surface area contributed by atoms with Gasteiger partial charge >= 0.3 is 0 Å². The van der Waals surface area contributed by atoms with Gasteiger partial charge in [-0.3, -0.25) is 4.79 Å². The van der Waals surface area contributed by atoms with E-state index in [4.69, 9.17) is 9.47 Å². The molecule has 2 aromatic rings. The largest absolute Gasteiger partial charge is 0.490 e. The van der Waals surface area contributed by atoms with Crippen molar-refractivity contribution in [1.82, 2.24) is 5.32 Å². The summed E-state index contributed by atoms with van der Waals surface area (Å²) in [4.78, 5) is 11.8. The Labute approximate surface area is 144 Å². The molecule has 1 amide bonds. The van der Waals surface area contributed by atoms with E-state index in [1.54, 1.807) is 24.3 Å². The van der Waals surface area contributed by atoms with Crippen molar-refractivity contribution in [2.45, 2.75) is 0 Å². The minimum absolute atomic E-state index is 0.149. The molecule has 0 unspecified atom stereocenters. The monoisotopic (exact) mass is 375 g/mol. The molecule has 0 heterocycles. The maximum atomic E-state index is 11.8. The molecule has 2 rings (SSSR count). The first-order chi connectivity index (χ1) is 11.2. The van der Waals surface area contributed by atoms with Crippen LogP contribution in [0.15, 0.2) is 65.7 Å². The van der Waals surface area contributed by atoms with Crippen LogP contribution in [0.1, 0.15) is 10.4 Å². The van der Waals surface area contributed by atoms with E-state index in [2.05, 4.69) is 27.8 Å². The number of benzene rings is 2. The lowest BCUT2D eigenvalue weighted by Crippen LogP contribution is -2.23. The van der Waals surface area contributed by atoms with Crippen LogP contribution in [0, 0.1) is 0 Å². The lowest BCUT2D eigenvalue weighted by atomic mass is 10.2. The molecule has 0 fully saturated rings. The normalized spacial score (nSPS) is 9.96.